The van der Waals surface area contributed by atoms with Crippen LogP contribution in [0.3, 0.4) is 0 Å². The number of hydrogen-bond donors (Lipinski definition) is 0. The van der Waals surface area contributed by atoms with Crippen molar-refractivity contribution in [2.75, 3.05) is 7.11 Å². The number of hydrogen-bond acceptors (Lipinski definition) is 3. The normalized spacial score (nSPS) is 15.1. The number of pyridine rings is 1. The Kier molecular flexibility index (Phi) is 5.64. The zero-order valence-electron chi connectivity index (χ0n) is 13.5. The van der Waals surface area contributed by atoms with Gasteiger partial charge in [0.15, 0.2) is 11.5 Å². The number of ether oxygens (including phenoxy) is 2. The molecule has 1 aromatic carbocycles. The highest BCUT2D eigenvalue weighted by atomic mass is 35.5. The molecule has 0 saturated heterocycles. The van der Waals surface area contributed by atoms with Gasteiger partial charge in [0, 0.05) is 21.7 Å². The lowest BCUT2D eigenvalue weighted by Gasteiger charge is -2.15. The van der Waals surface area contributed by atoms with Gasteiger partial charge in [-0.3, -0.25) is 4.98 Å². The molecule has 0 N–H and O–H groups in total. The van der Waals surface area contributed by atoms with E-state index in [-0.39, 0.29) is 6.10 Å². The molecule has 0 unspecified atom stereocenters. The first-order chi connectivity index (χ1) is 11.7. The fraction of sp³-hybridized carbons (Fsp3) is 0.316. The topological polar surface area (TPSA) is 31.4 Å². The number of rotatable bonds is 5. The first kappa shape index (κ1) is 17.1. The summed E-state index contributed by atoms with van der Waals surface area (Å²) in [5, 5.41) is 1.21. The van der Waals surface area contributed by atoms with E-state index in [1.165, 1.54) is 12.8 Å². The van der Waals surface area contributed by atoms with Crippen molar-refractivity contribution in [2.45, 2.75) is 31.8 Å². The second-order valence-electron chi connectivity index (χ2n) is 5.75. The van der Waals surface area contributed by atoms with Crippen molar-refractivity contribution < 1.29 is 9.47 Å². The van der Waals surface area contributed by atoms with Gasteiger partial charge in [-0.1, -0.05) is 29.3 Å². The zero-order valence-corrected chi connectivity index (χ0v) is 15.0. The number of methoxy groups -OCH3 is 1. The molecular formula is C19H19Cl2NO2. The summed E-state index contributed by atoms with van der Waals surface area (Å²) in [5.74, 6) is 1.37. The van der Waals surface area contributed by atoms with Crippen LogP contribution < -0.4 is 9.47 Å². The highest BCUT2D eigenvalue weighted by molar-refractivity contribution is 6.37. The largest absolute Gasteiger partial charge is 0.491 e. The lowest BCUT2D eigenvalue weighted by atomic mass is 10.2. The molecule has 1 aromatic heterocycles. The number of halogens is 2. The molecule has 0 spiro atoms. The van der Waals surface area contributed by atoms with E-state index in [4.69, 9.17) is 32.7 Å². The Bertz CT molecular complexity index is 720. The van der Waals surface area contributed by atoms with Crippen LogP contribution in [0.15, 0.2) is 30.5 Å². The van der Waals surface area contributed by atoms with Crippen LogP contribution in [0.2, 0.25) is 10.0 Å². The molecule has 126 valence electrons. The Labute approximate surface area is 152 Å². The van der Waals surface area contributed by atoms with Crippen LogP contribution in [0, 0.1) is 0 Å². The second-order valence-corrected chi connectivity index (χ2v) is 6.57. The van der Waals surface area contributed by atoms with Gasteiger partial charge in [0.25, 0.3) is 0 Å². The van der Waals surface area contributed by atoms with Crippen LogP contribution in [0.25, 0.3) is 12.2 Å². The SMILES string of the molecule is COc1cnc(C=Cc2c(Cl)cccc2Cl)cc1OC1CCCC1. The first-order valence-electron chi connectivity index (χ1n) is 8.00. The first-order valence-corrected chi connectivity index (χ1v) is 8.76. The van der Waals surface area contributed by atoms with Crippen molar-refractivity contribution in [3.63, 3.8) is 0 Å². The molecule has 5 heteroatoms. The average molecular weight is 364 g/mol. The third-order valence-corrected chi connectivity index (χ3v) is 4.75. The lowest BCUT2D eigenvalue weighted by Crippen LogP contribution is -2.11. The molecule has 1 saturated carbocycles. The van der Waals surface area contributed by atoms with Gasteiger partial charge in [0.05, 0.1) is 25.1 Å². The monoisotopic (exact) mass is 363 g/mol. The molecular weight excluding hydrogens is 345 g/mol. The van der Waals surface area contributed by atoms with E-state index in [1.807, 2.05) is 36.4 Å². The molecule has 1 fully saturated rings. The van der Waals surface area contributed by atoms with E-state index in [2.05, 4.69) is 4.98 Å². The molecule has 24 heavy (non-hydrogen) atoms. The van der Waals surface area contributed by atoms with Crippen LogP contribution in [0.5, 0.6) is 11.5 Å². The minimum absolute atomic E-state index is 0.260. The molecule has 0 atom stereocenters. The predicted octanol–water partition coefficient (Wildman–Crippen LogP) is 5.89. The van der Waals surface area contributed by atoms with Crippen LogP contribution in [0.1, 0.15) is 36.9 Å². The summed E-state index contributed by atoms with van der Waals surface area (Å²) in [6.07, 6.45) is 10.3. The number of benzene rings is 1. The third kappa shape index (κ3) is 4.03. The molecule has 0 amide bonds. The van der Waals surface area contributed by atoms with E-state index in [0.29, 0.717) is 15.8 Å². The molecule has 0 aliphatic heterocycles. The van der Waals surface area contributed by atoms with Crippen LogP contribution >= 0.6 is 23.2 Å². The van der Waals surface area contributed by atoms with Gasteiger partial charge in [-0.15, -0.1) is 0 Å². The molecule has 2 aromatic rings. The van der Waals surface area contributed by atoms with Crippen molar-refractivity contribution in [1.82, 2.24) is 4.98 Å². The van der Waals surface area contributed by atoms with Crippen LogP contribution in [-0.4, -0.2) is 18.2 Å². The van der Waals surface area contributed by atoms with Crippen molar-refractivity contribution in [2.24, 2.45) is 0 Å². The second kappa shape index (κ2) is 7.91. The van der Waals surface area contributed by atoms with E-state index < -0.39 is 0 Å². The van der Waals surface area contributed by atoms with Crippen LogP contribution in [0.4, 0.5) is 0 Å². The van der Waals surface area contributed by atoms with Gasteiger partial charge in [-0.2, -0.15) is 0 Å². The molecule has 0 radical (unpaired) electrons. The maximum atomic E-state index is 6.19. The van der Waals surface area contributed by atoms with Crippen molar-refractivity contribution in [3.8, 4) is 11.5 Å². The maximum Gasteiger partial charge on any atom is 0.179 e. The summed E-state index contributed by atoms with van der Waals surface area (Å²) in [4.78, 5) is 4.38. The summed E-state index contributed by atoms with van der Waals surface area (Å²) in [7, 11) is 1.62. The summed E-state index contributed by atoms with van der Waals surface area (Å²) in [5.41, 5.74) is 1.54. The number of nitrogens with zero attached hydrogens (tertiary/aromatic N) is 1. The van der Waals surface area contributed by atoms with Gasteiger partial charge >= 0.3 is 0 Å². The Morgan fingerprint density at radius 2 is 1.79 bits per heavy atom. The fourth-order valence-corrected chi connectivity index (χ4v) is 3.32. The van der Waals surface area contributed by atoms with Gasteiger partial charge in [0.2, 0.25) is 0 Å². The zero-order chi connectivity index (χ0) is 16.9. The van der Waals surface area contributed by atoms with Crippen molar-refractivity contribution >= 4 is 35.4 Å². The highest BCUT2D eigenvalue weighted by Crippen LogP contribution is 2.32. The Hall–Kier alpha value is -1.71. The summed E-state index contributed by atoms with van der Waals surface area (Å²) in [6, 6.07) is 7.33. The predicted molar refractivity (Wildman–Crippen MR) is 99.1 cm³/mol. The van der Waals surface area contributed by atoms with E-state index in [0.717, 1.165) is 29.8 Å². The quantitative estimate of drug-likeness (QED) is 0.663. The molecule has 3 rings (SSSR count). The maximum absolute atomic E-state index is 6.19. The number of aromatic nitrogens is 1. The van der Waals surface area contributed by atoms with Crippen LogP contribution in [-0.2, 0) is 0 Å². The molecule has 3 nitrogen and oxygen atoms in total. The summed E-state index contributed by atoms with van der Waals surface area (Å²) < 4.78 is 11.4. The van der Waals surface area contributed by atoms with Gasteiger partial charge in [-0.05, 0) is 50.0 Å². The lowest BCUT2D eigenvalue weighted by molar-refractivity contribution is 0.200. The summed E-state index contributed by atoms with van der Waals surface area (Å²) >= 11 is 12.4. The Morgan fingerprint density at radius 3 is 2.46 bits per heavy atom. The Morgan fingerprint density at radius 1 is 1.08 bits per heavy atom. The van der Waals surface area contributed by atoms with Gasteiger partial charge in [-0.25, -0.2) is 0 Å². The highest BCUT2D eigenvalue weighted by Gasteiger charge is 2.18. The Balaban J connectivity index is 1.84. The van der Waals surface area contributed by atoms with Crippen molar-refractivity contribution in [1.29, 1.82) is 0 Å². The molecule has 1 heterocycles. The minimum Gasteiger partial charge on any atom is -0.491 e. The van der Waals surface area contributed by atoms with E-state index in [1.54, 1.807) is 13.3 Å². The van der Waals surface area contributed by atoms with E-state index in [9.17, 15) is 0 Å². The smallest absolute Gasteiger partial charge is 0.179 e. The standard InChI is InChI=1S/C19H19Cl2NO2/c1-23-19-12-22-13(11-18(19)24-14-5-2-3-6-14)9-10-15-16(20)7-4-8-17(15)21/h4,7-12,14H,2-3,5-6H2,1H3. The minimum atomic E-state index is 0.260. The average Bonchev–Trinajstić information content (AvgIpc) is 3.08. The van der Waals surface area contributed by atoms with Gasteiger partial charge < -0.3 is 9.47 Å². The molecule has 1 aliphatic rings. The third-order valence-electron chi connectivity index (χ3n) is 4.09. The molecule has 1 aliphatic carbocycles. The molecule has 0 bridgehead atoms. The summed E-state index contributed by atoms with van der Waals surface area (Å²) in [6.45, 7) is 0. The fourth-order valence-electron chi connectivity index (χ4n) is 2.80. The van der Waals surface area contributed by atoms with E-state index >= 15 is 0 Å². The van der Waals surface area contributed by atoms with Gasteiger partial charge in [0.1, 0.15) is 0 Å². The van der Waals surface area contributed by atoms with Crippen molar-refractivity contribution in [3.05, 3.63) is 51.8 Å².